The van der Waals surface area contributed by atoms with Crippen LogP contribution in [-0.4, -0.2) is 0 Å². The Morgan fingerprint density at radius 1 is 0.857 bits per heavy atom. The van der Waals surface area contributed by atoms with Crippen LogP contribution in [0.4, 0.5) is 30.7 Å². The highest BCUT2D eigenvalue weighted by Gasteiger charge is 2.32. The average molecular weight is 308 g/mol. The first-order chi connectivity index (χ1) is 9.71. The third-order valence-electron chi connectivity index (χ3n) is 2.86. The molecule has 2 aromatic carbocycles. The van der Waals surface area contributed by atoms with Crippen molar-refractivity contribution >= 4 is 0 Å². The molecule has 0 aromatic heterocycles. The first kappa shape index (κ1) is 15.3. The zero-order valence-electron chi connectivity index (χ0n) is 10.2. The van der Waals surface area contributed by atoms with E-state index in [1.165, 1.54) is 0 Å². The molecule has 0 atom stereocenters. The summed E-state index contributed by atoms with van der Waals surface area (Å²) in [6.07, 6.45) is -8.06. The molecular weight excluding hydrogens is 301 g/mol. The van der Waals surface area contributed by atoms with Crippen LogP contribution in [-0.2, 0) is 6.18 Å². The van der Waals surface area contributed by atoms with Crippen molar-refractivity contribution < 1.29 is 30.7 Å². The van der Waals surface area contributed by atoms with E-state index < -0.39 is 46.5 Å². The molecule has 112 valence electrons. The first-order valence-corrected chi connectivity index (χ1v) is 5.65. The molecule has 2 aromatic rings. The minimum absolute atomic E-state index is 0.240. The quantitative estimate of drug-likeness (QED) is 0.635. The van der Waals surface area contributed by atoms with Crippen molar-refractivity contribution in [3.05, 3.63) is 59.2 Å². The van der Waals surface area contributed by atoms with Crippen LogP contribution in [0.3, 0.4) is 0 Å². The maximum Gasteiger partial charge on any atom is 0.416 e. The molecule has 2 rings (SSSR count). The van der Waals surface area contributed by atoms with Crippen LogP contribution >= 0.6 is 0 Å². The predicted octanol–water partition coefficient (Wildman–Crippen LogP) is 5.59. The van der Waals surface area contributed by atoms with Crippen LogP contribution in [0.25, 0.3) is 11.1 Å². The van der Waals surface area contributed by atoms with Gasteiger partial charge in [-0.1, -0.05) is 18.2 Å². The molecule has 0 aliphatic carbocycles. The number of hydrogen-bond donors (Lipinski definition) is 0. The molecule has 0 bridgehead atoms. The molecule has 0 heterocycles. The second-order valence-electron chi connectivity index (χ2n) is 4.20. The fourth-order valence-electron chi connectivity index (χ4n) is 1.88. The van der Waals surface area contributed by atoms with Gasteiger partial charge in [0.25, 0.3) is 6.43 Å². The zero-order valence-corrected chi connectivity index (χ0v) is 10.2. The van der Waals surface area contributed by atoms with E-state index in [2.05, 4.69) is 0 Å². The van der Waals surface area contributed by atoms with Gasteiger partial charge >= 0.3 is 6.18 Å². The van der Waals surface area contributed by atoms with Gasteiger partial charge in [0.05, 0.1) is 5.56 Å². The van der Waals surface area contributed by atoms with Crippen molar-refractivity contribution in [2.24, 2.45) is 0 Å². The SMILES string of the molecule is Fc1cccc(-c2ccc(C(F)(F)F)cc2C(F)F)c1F. The lowest BCUT2D eigenvalue weighted by molar-refractivity contribution is -0.137. The molecule has 7 heteroatoms. The van der Waals surface area contributed by atoms with Crippen LogP contribution < -0.4 is 0 Å². The van der Waals surface area contributed by atoms with Gasteiger partial charge in [0, 0.05) is 11.1 Å². The van der Waals surface area contributed by atoms with Crippen LogP contribution in [0.1, 0.15) is 17.6 Å². The Morgan fingerprint density at radius 2 is 1.52 bits per heavy atom. The summed E-state index contributed by atoms with van der Waals surface area (Å²) in [5, 5.41) is 0. The van der Waals surface area contributed by atoms with Crippen molar-refractivity contribution in [1.29, 1.82) is 0 Å². The van der Waals surface area contributed by atoms with Crippen molar-refractivity contribution in [2.45, 2.75) is 12.6 Å². The molecular formula is C14H7F7. The first-order valence-electron chi connectivity index (χ1n) is 5.65. The Balaban J connectivity index is 2.67. The summed E-state index contributed by atoms with van der Waals surface area (Å²) < 4.78 is 90.2. The largest absolute Gasteiger partial charge is 0.416 e. The monoisotopic (exact) mass is 308 g/mol. The normalized spacial score (nSPS) is 12.0. The summed E-state index contributed by atoms with van der Waals surface area (Å²) in [4.78, 5) is 0. The highest BCUT2D eigenvalue weighted by Crippen LogP contribution is 2.38. The second kappa shape index (κ2) is 5.38. The Hall–Kier alpha value is -2.05. The number of halogens is 7. The van der Waals surface area contributed by atoms with Crippen LogP contribution in [0.5, 0.6) is 0 Å². The van der Waals surface area contributed by atoms with Gasteiger partial charge in [-0.3, -0.25) is 0 Å². The molecule has 0 N–H and O–H groups in total. The lowest BCUT2D eigenvalue weighted by atomic mass is 9.97. The molecule has 0 saturated carbocycles. The van der Waals surface area contributed by atoms with E-state index >= 15 is 0 Å². The molecule has 0 spiro atoms. The highest BCUT2D eigenvalue weighted by atomic mass is 19.4. The Kier molecular flexibility index (Phi) is 3.93. The lowest BCUT2D eigenvalue weighted by Gasteiger charge is -2.14. The van der Waals surface area contributed by atoms with Gasteiger partial charge in [-0.2, -0.15) is 13.2 Å². The van der Waals surface area contributed by atoms with E-state index in [1.54, 1.807) is 0 Å². The topological polar surface area (TPSA) is 0 Å². The molecule has 0 nitrogen and oxygen atoms in total. The Morgan fingerprint density at radius 3 is 2.10 bits per heavy atom. The van der Waals surface area contributed by atoms with Crippen molar-refractivity contribution in [1.82, 2.24) is 0 Å². The molecule has 21 heavy (non-hydrogen) atoms. The van der Waals surface area contributed by atoms with Gasteiger partial charge in [-0.05, 0) is 23.8 Å². The Bertz CT molecular complexity index is 659. The van der Waals surface area contributed by atoms with Gasteiger partial charge in [-0.25, -0.2) is 17.6 Å². The summed E-state index contributed by atoms with van der Waals surface area (Å²) in [6.45, 7) is 0. The summed E-state index contributed by atoms with van der Waals surface area (Å²) >= 11 is 0. The maximum absolute atomic E-state index is 13.6. The molecule has 0 radical (unpaired) electrons. The molecule has 0 saturated heterocycles. The highest BCUT2D eigenvalue weighted by molar-refractivity contribution is 5.69. The van der Waals surface area contributed by atoms with Crippen molar-refractivity contribution in [3.63, 3.8) is 0 Å². The van der Waals surface area contributed by atoms with Crippen molar-refractivity contribution in [2.75, 3.05) is 0 Å². The fraction of sp³-hybridized carbons (Fsp3) is 0.143. The summed E-state index contributed by atoms with van der Waals surface area (Å²) in [5.74, 6) is -2.66. The minimum Gasteiger partial charge on any atom is -0.205 e. The van der Waals surface area contributed by atoms with E-state index in [-0.39, 0.29) is 6.07 Å². The third kappa shape index (κ3) is 3.01. The van der Waals surface area contributed by atoms with Gasteiger partial charge in [0.1, 0.15) is 0 Å². The van der Waals surface area contributed by atoms with Crippen molar-refractivity contribution in [3.8, 4) is 11.1 Å². The number of benzene rings is 2. The molecule has 0 unspecified atom stereocenters. The van der Waals surface area contributed by atoms with Gasteiger partial charge < -0.3 is 0 Å². The van der Waals surface area contributed by atoms with Crippen LogP contribution in [0, 0.1) is 11.6 Å². The number of alkyl halides is 5. The lowest BCUT2D eigenvalue weighted by Crippen LogP contribution is -2.06. The second-order valence-corrected chi connectivity index (χ2v) is 4.20. The average Bonchev–Trinajstić information content (AvgIpc) is 2.40. The van der Waals surface area contributed by atoms with E-state index in [0.29, 0.717) is 12.1 Å². The third-order valence-corrected chi connectivity index (χ3v) is 2.86. The van der Waals surface area contributed by atoms with Crippen LogP contribution in [0.2, 0.25) is 0 Å². The van der Waals surface area contributed by atoms with Gasteiger partial charge in [0.15, 0.2) is 11.6 Å². The van der Waals surface area contributed by atoms with E-state index in [9.17, 15) is 30.7 Å². The maximum atomic E-state index is 13.6. The zero-order chi connectivity index (χ0) is 15.8. The Labute approximate surface area is 114 Å². The summed E-state index contributed by atoms with van der Waals surface area (Å²) in [7, 11) is 0. The molecule has 0 aliphatic heterocycles. The summed E-state index contributed by atoms with van der Waals surface area (Å²) in [5.41, 5.74) is -3.28. The fourth-order valence-corrected chi connectivity index (χ4v) is 1.88. The van der Waals surface area contributed by atoms with E-state index in [4.69, 9.17) is 0 Å². The molecule has 0 amide bonds. The molecule has 0 aliphatic rings. The van der Waals surface area contributed by atoms with E-state index in [0.717, 1.165) is 18.2 Å². The van der Waals surface area contributed by atoms with Crippen LogP contribution in [0.15, 0.2) is 36.4 Å². The number of hydrogen-bond acceptors (Lipinski definition) is 0. The summed E-state index contributed by atoms with van der Waals surface area (Å²) in [6, 6.07) is 4.39. The standard InChI is InChI=1S/C14H7F7/c15-11-3-1-2-9(12(11)16)8-5-4-7(14(19,20)21)6-10(8)13(17)18/h1-6,13H. The van der Waals surface area contributed by atoms with E-state index in [1.807, 2.05) is 0 Å². The van der Waals surface area contributed by atoms with Gasteiger partial charge in [-0.15, -0.1) is 0 Å². The number of rotatable bonds is 2. The minimum atomic E-state index is -4.80. The van der Waals surface area contributed by atoms with Gasteiger partial charge in [0.2, 0.25) is 0 Å². The molecule has 0 fully saturated rings. The predicted molar refractivity (Wildman–Crippen MR) is 61.8 cm³/mol. The smallest absolute Gasteiger partial charge is 0.205 e.